The monoisotopic (exact) mass is 238 g/mol. The highest BCUT2D eigenvalue weighted by Gasteiger charge is 2.34. The van der Waals surface area contributed by atoms with E-state index in [1.54, 1.807) is 0 Å². The Morgan fingerprint density at radius 2 is 2.18 bits per heavy atom. The number of nitrogens with one attached hydrogen (secondary N) is 1. The van der Waals surface area contributed by atoms with Gasteiger partial charge in [-0.2, -0.15) is 0 Å². The zero-order valence-corrected chi connectivity index (χ0v) is 9.84. The van der Waals surface area contributed by atoms with Gasteiger partial charge in [-0.05, 0) is 24.8 Å². The van der Waals surface area contributed by atoms with E-state index < -0.39 is 11.6 Å². The van der Waals surface area contributed by atoms with Crippen molar-refractivity contribution in [3.8, 4) is 0 Å². The quantitative estimate of drug-likeness (QED) is 0.747. The molecule has 92 valence electrons. The van der Waals surface area contributed by atoms with E-state index in [4.69, 9.17) is 0 Å². The Hall–Kier alpha value is -1.32. The lowest BCUT2D eigenvalue weighted by atomic mass is 9.88. The van der Waals surface area contributed by atoms with Gasteiger partial charge in [-0.15, -0.1) is 0 Å². The van der Waals surface area contributed by atoms with Crippen molar-refractivity contribution in [1.29, 1.82) is 0 Å². The third-order valence-electron chi connectivity index (χ3n) is 3.95. The third-order valence-corrected chi connectivity index (χ3v) is 3.95. The second kappa shape index (κ2) is 3.86. The molecule has 0 aromatic heterocycles. The Morgan fingerprint density at radius 1 is 1.35 bits per heavy atom. The van der Waals surface area contributed by atoms with Crippen LogP contribution in [0.3, 0.4) is 0 Å². The van der Waals surface area contributed by atoms with Crippen molar-refractivity contribution in [2.75, 3.05) is 23.3 Å². The number of halogens is 2. The molecule has 1 aromatic rings. The predicted molar refractivity (Wildman–Crippen MR) is 64.4 cm³/mol. The minimum absolute atomic E-state index is 0.359. The molecule has 1 saturated heterocycles. The van der Waals surface area contributed by atoms with Gasteiger partial charge in [0.2, 0.25) is 0 Å². The molecule has 4 heteroatoms. The molecule has 1 aromatic carbocycles. The van der Waals surface area contributed by atoms with E-state index in [1.807, 2.05) is 0 Å². The highest BCUT2D eigenvalue weighted by atomic mass is 19.1. The maximum Gasteiger partial charge on any atom is 0.151 e. The van der Waals surface area contributed by atoms with Gasteiger partial charge in [0.1, 0.15) is 5.82 Å². The molecule has 0 amide bonds. The summed E-state index contributed by atoms with van der Waals surface area (Å²) in [7, 11) is 0. The number of anilines is 2. The maximum atomic E-state index is 13.7. The van der Waals surface area contributed by atoms with Gasteiger partial charge in [0.15, 0.2) is 5.82 Å². The van der Waals surface area contributed by atoms with Crippen LogP contribution in [0.5, 0.6) is 0 Å². The number of hydrogen-bond donors (Lipinski definition) is 1. The molecule has 0 saturated carbocycles. The van der Waals surface area contributed by atoms with Gasteiger partial charge in [0.25, 0.3) is 0 Å². The van der Waals surface area contributed by atoms with E-state index >= 15 is 0 Å². The summed E-state index contributed by atoms with van der Waals surface area (Å²) in [6.07, 6.45) is 2.28. The van der Waals surface area contributed by atoms with Crippen LogP contribution in [0, 0.1) is 17.6 Å². The van der Waals surface area contributed by atoms with E-state index in [2.05, 4.69) is 17.1 Å². The summed E-state index contributed by atoms with van der Waals surface area (Å²) in [6.45, 7) is 3.85. The molecule has 2 heterocycles. The third kappa shape index (κ3) is 1.66. The van der Waals surface area contributed by atoms with Crippen molar-refractivity contribution in [2.45, 2.75) is 25.8 Å². The number of rotatable bonds is 0. The second-order valence-corrected chi connectivity index (χ2v) is 5.04. The van der Waals surface area contributed by atoms with Crippen LogP contribution >= 0.6 is 0 Å². The van der Waals surface area contributed by atoms with Crippen LogP contribution in [0.2, 0.25) is 0 Å². The fourth-order valence-corrected chi connectivity index (χ4v) is 3.03. The lowest BCUT2D eigenvalue weighted by Crippen LogP contribution is -2.51. The topological polar surface area (TPSA) is 15.3 Å². The molecule has 2 unspecified atom stereocenters. The zero-order valence-electron chi connectivity index (χ0n) is 9.84. The smallest absolute Gasteiger partial charge is 0.151 e. The van der Waals surface area contributed by atoms with Crippen molar-refractivity contribution in [2.24, 2.45) is 5.92 Å². The van der Waals surface area contributed by atoms with Crippen molar-refractivity contribution >= 4 is 11.4 Å². The summed E-state index contributed by atoms with van der Waals surface area (Å²) in [5.74, 6) is -0.422. The predicted octanol–water partition coefficient (Wildman–Crippen LogP) is 3.00. The fraction of sp³-hybridized carbons (Fsp3) is 0.538. The number of fused-ring (bicyclic) bond motifs is 3. The Morgan fingerprint density at radius 3 is 3.00 bits per heavy atom. The first-order chi connectivity index (χ1) is 8.16. The van der Waals surface area contributed by atoms with Gasteiger partial charge in [-0.25, -0.2) is 8.78 Å². The lowest BCUT2D eigenvalue weighted by molar-refractivity contribution is 0.349. The van der Waals surface area contributed by atoms with Crippen LogP contribution in [0.15, 0.2) is 12.1 Å². The van der Waals surface area contributed by atoms with Gasteiger partial charge < -0.3 is 10.2 Å². The number of benzene rings is 1. The summed E-state index contributed by atoms with van der Waals surface area (Å²) in [4.78, 5) is 2.16. The van der Waals surface area contributed by atoms with E-state index in [9.17, 15) is 8.78 Å². The Balaban J connectivity index is 2.06. The standard InChI is InChI=1S/C13H16F2N2/c1-8-3-2-4-17-11-6-9(14)5-10(15)13(11)16-7-12(8)17/h5-6,8,12,16H,2-4,7H2,1H3. The van der Waals surface area contributed by atoms with Gasteiger partial charge in [0, 0.05) is 25.2 Å². The number of piperidine rings is 1. The zero-order chi connectivity index (χ0) is 12.0. The van der Waals surface area contributed by atoms with Crippen LogP contribution in [0.4, 0.5) is 20.2 Å². The van der Waals surface area contributed by atoms with Crippen LogP contribution in [-0.2, 0) is 0 Å². The first kappa shape index (κ1) is 10.8. The van der Waals surface area contributed by atoms with E-state index in [0.29, 0.717) is 23.3 Å². The van der Waals surface area contributed by atoms with Gasteiger partial charge >= 0.3 is 0 Å². The largest absolute Gasteiger partial charge is 0.379 e. The highest BCUT2D eigenvalue weighted by Crippen LogP contribution is 2.39. The molecule has 0 radical (unpaired) electrons. The maximum absolute atomic E-state index is 13.7. The minimum Gasteiger partial charge on any atom is -0.379 e. The minimum atomic E-state index is -0.498. The molecular formula is C13H16F2N2. The first-order valence-electron chi connectivity index (χ1n) is 6.16. The number of nitrogens with zero attached hydrogens (tertiary/aromatic N) is 1. The normalized spacial score (nSPS) is 27.1. The first-order valence-corrected chi connectivity index (χ1v) is 6.16. The molecule has 0 spiro atoms. The molecule has 17 heavy (non-hydrogen) atoms. The summed E-state index contributed by atoms with van der Waals surface area (Å²) in [5, 5.41) is 3.10. The van der Waals surface area contributed by atoms with Crippen molar-refractivity contribution in [3.63, 3.8) is 0 Å². The molecule has 2 nitrogen and oxygen atoms in total. The van der Waals surface area contributed by atoms with Crippen LogP contribution < -0.4 is 10.2 Å². The second-order valence-electron chi connectivity index (χ2n) is 5.04. The summed E-state index contributed by atoms with van der Waals surface area (Å²) in [5.41, 5.74) is 1.14. The molecule has 0 aliphatic carbocycles. The summed E-state index contributed by atoms with van der Waals surface area (Å²) in [6, 6.07) is 2.74. The Labute approximate surface area is 99.6 Å². The van der Waals surface area contributed by atoms with Crippen molar-refractivity contribution in [3.05, 3.63) is 23.8 Å². The van der Waals surface area contributed by atoms with Gasteiger partial charge in [-0.1, -0.05) is 6.92 Å². The van der Waals surface area contributed by atoms with Crippen LogP contribution in [0.25, 0.3) is 0 Å². The Bertz CT molecular complexity index is 447. The SMILES string of the molecule is CC1CCCN2c3cc(F)cc(F)c3NCC12. The fourth-order valence-electron chi connectivity index (χ4n) is 3.03. The average molecular weight is 238 g/mol. The van der Waals surface area contributed by atoms with Gasteiger partial charge in [-0.3, -0.25) is 0 Å². The average Bonchev–Trinajstić information content (AvgIpc) is 2.29. The van der Waals surface area contributed by atoms with Crippen LogP contribution in [0.1, 0.15) is 19.8 Å². The highest BCUT2D eigenvalue weighted by molar-refractivity contribution is 5.73. The van der Waals surface area contributed by atoms with Crippen molar-refractivity contribution < 1.29 is 8.78 Å². The van der Waals surface area contributed by atoms with Crippen LogP contribution in [-0.4, -0.2) is 19.1 Å². The molecule has 3 rings (SSSR count). The van der Waals surface area contributed by atoms with E-state index in [1.165, 1.54) is 12.5 Å². The van der Waals surface area contributed by atoms with Gasteiger partial charge in [0.05, 0.1) is 11.4 Å². The van der Waals surface area contributed by atoms with E-state index in [0.717, 1.165) is 25.6 Å². The Kier molecular flexibility index (Phi) is 2.45. The molecule has 0 bridgehead atoms. The summed E-state index contributed by atoms with van der Waals surface area (Å²) < 4.78 is 27.0. The molecule has 2 aliphatic heterocycles. The van der Waals surface area contributed by atoms with E-state index in [-0.39, 0.29) is 0 Å². The lowest BCUT2D eigenvalue weighted by Gasteiger charge is -2.45. The molecule has 1 fully saturated rings. The molecular weight excluding hydrogens is 222 g/mol. The number of hydrogen-bond acceptors (Lipinski definition) is 2. The van der Waals surface area contributed by atoms with Crippen molar-refractivity contribution in [1.82, 2.24) is 0 Å². The molecule has 2 aliphatic rings. The molecule has 2 atom stereocenters. The molecule has 1 N–H and O–H groups in total. The summed E-state index contributed by atoms with van der Waals surface area (Å²) >= 11 is 0.